The summed E-state index contributed by atoms with van der Waals surface area (Å²) >= 11 is 0. The average molecular weight is 202 g/mol. The van der Waals surface area contributed by atoms with Gasteiger partial charge in [-0.25, -0.2) is 4.79 Å². The van der Waals surface area contributed by atoms with Gasteiger partial charge in [-0.15, -0.1) is 0 Å². The Morgan fingerprint density at radius 2 is 2.07 bits per heavy atom. The van der Waals surface area contributed by atoms with Gasteiger partial charge in [-0.3, -0.25) is 0 Å². The monoisotopic (exact) mass is 202 g/mol. The number of aliphatic hydroxyl groups is 1. The molecule has 2 unspecified atom stereocenters. The van der Waals surface area contributed by atoms with Gasteiger partial charge in [-0.1, -0.05) is 20.3 Å². The van der Waals surface area contributed by atoms with Crippen molar-refractivity contribution >= 4 is 6.03 Å². The normalized spacial score (nSPS) is 14.6. The molecule has 0 fully saturated rings. The second kappa shape index (κ2) is 6.65. The smallest absolute Gasteiger partial charge is 0.317 e. The van der Waals surface area contributed by atoms with Gasteiger partial charge in [-0.05, 0) is 12.8 Å². The van der Waals surface area contributed by atoms with Crippen LogP contribution in [0.15, 0.2) is 0 Å². The third kappa shape index (κ3) is 4.46. The van der Waals surface area contributed by atoms with E-state index in [4.69, 9.17) is 5.11 Å². The Hall–Kier alpha value is -0.770. The van der Waals surface area contributed by atoms with Crippen LogP contribution in [-0.2, 0) is 0 Å². The van der Waals surface area contributed by atoms with Crippen molar-refractivity contribution in [2.75, 3.05) is 20.2 Å². The largest absolute Gasteiger partial charge is 0.395 e. The molecule has 4 nitrogen and oxygen atoms in total. The highest BCUT2D eigenvalue weighted by Crippen LogP contribution is 2.06. The zero-order valence-corrected chi connectivity index (χ0v) is 9.58. The zero-order valence-electron chi connectivity index (χ0n) is 9.58. The third-order valence-corrected chi connectivity index (χ3v) is 2.63. The summed E-state index contributed by atoms with van der Waals surface area (Å²) in [6.07, 6.45) is 1.05. The molecule has 0 aromatic rings. The predicted molar refractivity (Wildman–Crippen MR) is 57.2 cm³/mol. The second-order valence-corrected chi connectivity index (χ2v) is 3.77. The zero-order chi connectivity index (χ0) is 11.1. The summed E-state index contributed by atoms with van der Waals surface area (Å²) in [5.41, 5.74) is 0. The number of aliphatic hydroxyl groups excluding tert-OH is 1. The van der Waals surface area contributed by atoms with E-state index in [1.165, 1.54) is 4.90 Å². The number of carbonyl (C=O) groups is 1. The van der Waals surface area contributed by atoms with E-state index in [1.807, 2.05) is 6.92 Å². The van der Waals surface area contributed by atoms with E-state index in [9.17, 15) is 4.79 Å². The Balaban J connectivity index is 3.92. The van der Waals surface area contributed by atoms with Gasteiger partial charge in [0.15, 0.2) is 0 Å². The van der Waals surface area contributed by atoms with E-state index < -0.39 is 0 Å². The van der Waals surface area contributed by atoms with Crippen LogP contribution in [0.5, 0.6) is 0 Å². The maximum Gasteiger partial charge on any atom is 0.317 e. The van der Waals surface area contributed by atoms with Crippen LogP contribution in [-0.4, -0.2) is 42.3 Å². The standard InChI is InChI=1S/C10H22N2O2/c1-5-8(2)9(3)11-10(14)12(4)6-7-13/h8-9,13H,5-7H2,1-4H3,(H,11,14). The van der Waals surface area contributed by atoms with Crippen LogP contribution >= 0.6 is 0 Å². The van der Waals surface area contributed by atoms with Crippen LogP contribution in [0.2, 0.25) is 0 Å². The van der Waals surface area contributed by atoms with E-state index in [-0.39, 0.29) is 18.7 Å². The molecule has 0 saturated carbocycles. The van der Waals surface area contributed by atoms with Crippen molar-refractivity contribution in [3.63, 3.8) is 0 Å². The highest BCUT2D eigenvalue weighted by Gasteiger charge is 2.15. The molecule has 4 heteroatoms. The van der Waals surface area contributed by atoms with Crippen LogP contribution < -0.4 is 5.32 Å². The number of hydrogen-bond acceptors (Lipinski definition) is 2. The predicted octanol–water partition coefficient (Wildman–Crippen LogP) is 1.05. The van der Waals surface area contributed by atoms with Crippen molar-refractivity contribution in [1.29, 1.82) is 0 Å². The second-order valence-electron chi connectivity index (χ2n) is 3.77. The lowest BCUT2D eigenvalue weighted by Gasteiger charge is -2.24. The first kappa shape index (κ1) is 13.2. The summed E-state index contributed by atoms with van der Waals surface area (Å²) in [5.74, 6) is 0.474. The van der Waals surface area contributed by atoms with Crippen LogP contribution in [0.4, 0.5) is 4.79 Å². The van der Waals surface area contributed by atoms with Gasteiger partial charge in [-0.2, -0.15) is 0 Å². The molecule has 84 valence electrons. The average Bonchev–Trinajstić information content (AvgIpc) is 2.16. The summed E-state index contributed by atoms with van der Waals surface area (Å²) in [4.78, 5) is 13.0. The fourth-order valence-electron chi connectivity index (χ4n) is 1.05. The van der Waals surface area contributed by atoms with Crippen LogP contribution in [0, 0.1) is 5.92 Å². The first-order valence-corrected chi connectivity index (χ1v) is 5.15. The topological polar surface area (TPSA) is 52.6 Å². The van der Waals surface area contributed by atoms with Gasteiger partial charge < -0.3 is 15.3 Å². The molecule has 2 atom stereocenters. The van der Waals surface area contributed by atoms with E-state index in [2.05, 4.69) is 19.2 Å². The van der Waals surface area contributed by atoms with E-state index in [0.717, 1.165) is 6.42 Å². The van der Waals surface area contributed by atoms with Gasteiger partial charge in [0.05, 0.1) is 6.61 Å². The van der Waals surface area contributed by atoms with Crippen molar-refractivity contribution < 1.29 is 9.90 Å². The molecule has 2 N–H and O–H groups in total. The van der Waals surface area contributed by atoms with Crippen molar-refractivity contribution in [2.24, 2.45) is 5.92 Å². The molecule has 2 amide bonds. The van der Waals surface area contributed by atoms with Gasteiger partial charge >= 0.3 is 6.03 Å². The fraction of sp³-hybridized carbons (Fsp3) is 0.900. The minimum Gasteiger partial charge on any atom is -0.395 e. The molecule has 0 spiro atoms. The molecular formula is C10H22N2O2. The molecule has 14 heavy (non-hydrogen) atoms. The highest BCUT2D eigenvalue weighted by atomic mass is 16.3. The van der Waals surface area contributed by atoms with Crippen LogP contribution in [0.3, 0.4) is 0 Å². The lowest BCUT2D eigenvalue weighted by Crippen LogP contribution is -2.45. The number of likely N-dealkylation sites (N-methyl/N-ethyl adjacent to an activating group) is 1. The van der Waals surface area contributed by atoms with Crippen LogP contribution in [0.1, 0.15) is 27.2 Å². The molecule has 0 aliphatic rings. The van der Waals surface area contributed by atoms with E-state index in [0.29, 0.717) is 12.5 Å². The van der Waals surface area contributed by atoms with Gasteiger partial charge in [0, 0.05) is 19.6 Å². The van der Waals surface area contributed by atoms with E-state index in [1.54, 1.807) is 7.05 Å². The number of nitrogens with zero attached hydrogens (tertiary/aromatic N) is 1. The Bertz CT molecular complexity index is 174. The summed E-state index contributed by atoms with van der Waals surface area (Å²) in [6.45, 7) is 6.58. The van der Waals surface area contributed by atoms with Crippen molar-refractivity contribution in [3.05, 3.63) is 0 Å². The number of urea groups is 1. The minimum absolute atomic E-state index is 0.00162. The Morgan fingerprint density at radius 1 is 1.50 bits per heavy atom. The number of carbonyl (C=O) groups excluding carboxylic acids is 1. The summed E-state index contributed by atoms with van der Waals surface area (Å²) < 4.78 is 0. The molecule has 0 heterocycles. The lowest BCUT2D eigenvalue weighted by molar-refractivity contribution is 0.184. The lowest BCUT2D eigenvalue weighted by atomic mass is 10.0. The number of rotatable bonds is 5. The maximum atomic E-state index is 11.5. The summed E-state index contributed by atoms with van der Waals surface area (Å²) in [7, 11) is 1.68. The summed E-state index contributed by atoms with van der Waals surface area (Å²) in [6, 6.07) is 0.0560. The Kier molecular flexibility index (Phi) is 6.28. The van der Waals surface area contributed by atoms with Gasteiger partial charge in [0.1, 0.15) is 0 Å². The molecule has 0 aromatic heterocycles. The number of hydrogen-bond donors (Lipinski definition) is 2. The maximum absolute atomic E-state index is 11.5. The number of amides is 2. The minimum atomic E-state index is -0.119. The van der Waals surface area contributed by atoms with Crippen molar-refractivity contribution in [3.8, 4) is 0 Å². The SMILES string of the molecule is CCC(C)C(C)NC(=O)N(C)CCO. The van der Waals surface area contributed by atoms with Crippen molar-refractivity contribution in [1.82, 2.24) is 10.2 Å². The molecule has 0 rings (SSSR count). The summed E-state index contributed by atoms with van der Waals surface area (Å²) in [5, 5.41) is 11.5. The molecule has 0 aliphatic heterocycles. The molecule has 0 aliphatic carbocycles. The van der Waals surface area contributed by atoms with Crippen molar-refractivity contribution in [2.45, 2.75) is 33.2 Å². The van der Waals surface area contributed by atoms with Crippen LogP contribution in [0.25, 0.3) is 0 Å². The van der Waals surface area contributed by atoms with E-state index >= 15 is 0 Å². The molecule has 0 saturated heterocycles. The Morgan fingerprint density at radius 3 is 2.50 bits per heavy atom. The first-order valence-electron chi connectivity index (χ1n) is 5.15. The van der Waals surface area contributed by atoms with Gasteiger partial charge in [0.2, 0.25) is 0 Å². The molecular weight excluding hydrogens is 180 g/mol. The molecule has 0 aromatic carbocycles. The fourth-order valence-corrected chi connectivity index (χ4v) is 1.05. The third-order valence-electron chi connectivity index (χ3n) is 2.63. The quantitative estimate of drug-likeness (QED) is 0.700. The Labute approximate surface area is 86.3 Å². The molecule has 0 radical (unpaired) electrons. The number of nitrogens with one attached hydrogen (secondary N) is 1. The first-order chi connectivity index (χ1) is 6.52. The van der Waals surface area contributed by atoms with Gasteiger partial charge in [0.25, 0.3) is 0 Å². The highest BCUT2D eigenvalue weighted by molar-refractivity contribution is 5.74. The molecule has 0 bridgehead atoms.